The fourth-order valence-electron chi connectivity index (χ4n) is 4.46. The van der Waals surface area contributed by atoms with Crippen LogP contribution in [0, 0.1) is 13.8 Å². The first-order chi connectivity index (χ1) is 13.8. The number of hydrogen-bond donors (Lipinski definition) is 1. The second-order valence-corrected chi connectivity index (χ2v) is 13.5. The molecule has 1 amide bonds. The minimum Gasteiger partial charge on any atom is -0.322 e. The lowest BCUT2D eigenvalue weighted by molar-refractivity contribution is -0.116. The number of nitrogens with one attached hydrogen (secondary N) is 1. The van der Waals surface area contributed by atoms with E-state index in [1.165, 1.54) is 57.0 Å². The summed E-state index contributed by atoms with van der Waals surface area (Å²) >= 11 is 6.21. The van der Waals surface area contributed by atoms with E-state index in [4.69, 9.17) is 11.6 Å². The molecule has 29 heavy (non-hydrogen) atoms. The Kier molecular flexibility index (Phi) is 12.5. The van der Waals surface area contributed by atoms with E-state index in [9.17, 15) is 4.79 Å². The van der Waals surface area contributed by atoms with Crippen LogP contribution in [0.5, 0.6) is 0 Å². The van der Waals surface area contributed by atoms with Crippen molar-refractivity contribution in [3.8, 4) is 0 Å². The van der Waals surface area contributed by atoms with Gasteiger partial charge in [-0.15, -0.1) is 0 Å². The summed E-state index contributed by atoms with van der Waals surface area (Å²) < 4.78 is 0. The second kappa shape index (κ2) is 13.7. The zero-order valence-corrected chi connectivity index (χ0v) is 21.4. The number of benzene rings is 1. The van der Waals surface area contributed by atoms with Gasteiger partial charge < -0.3 is 5.32 Å². The van der Waals surface area contributed by atoms with Crippen molar-refractivity contribution in [1.82, 2.24) is 0 Å². The maximum absolute atomic E-state index is 13.7. The van der Waals surface area contributed by atoms with Gasteiger partial charge in [0, 0.05) is 18.0 Å². The van der Waals surface area contributed by atoms with Crippen LogP contribution < -0.4 is 5.32 Å². The quantitative estimate of drug-likeness (QED) is 0.288. The van der Waals surface area contributed by atoms with Gasteiger partial charge in [-0.1, -0.05) is 65.0 Å². The number of unbranched alkanes of at least 4 members (excludes halogenated alkanes) is 3. The Morgan fingerprint density at radius 1 is 0.897 bits per heavy atom. The molecule has 0 radical (unpaired) electrons. The van der Waals surface area contributed by atoms with E-state index in [0.29, 0.717) is 0 Å². The van der Waals surface area contributed by atoms with Gasteiger partial charge in [0.2, 0.25) is 0 Å². The molecular formula is C25H44ClNOP+. The van der Waals surface area contributed by atoms with Gasteiger partial charge in [0.25, 0.3) is 5.91 Å². The predicted octanol–water partition coefficient (Wildman–Crippen LogP) is 8.48. The first-order valence-electron chi connectivity index (χ1n) is 11.8. The average molecular weight is 441 g/mol. The van der Waals surface area contributed by atoms with Crippen molar-refractivity contribution in [2.24, 2.45) is 0 Å². The minimum atomic E-state index is -1.34. The SMILES string of the molecule is CCCC[P+](CCCC)(CCCC)C(CCC)C(=O)Nc1c(C)cc(Cl)cc1C. The molecule has 166 valence electrons. The van der Waals surface area contributed by atoms with Gasteiger partial charge in [-0.25, -0.2) is 0 Å². The minimum absolute atomic E-state index is 0.187. The van der Waals surface area contributed by atoms with E-state index in [0.717, 1.165) is 34.7 Å². The standard InChI is InChI=1S/C25H43ClNOP/c1-7-11-15-29(16-12-8-2,17-13-9-3)23(14-10-4)25(28)27-24-20(5)18-22(26)19-21(24)6/h18-19,23H,7-17H2,1-6H3/p+1. The van der Waals surface area contributed by atoms with Gasteiger partial charge in [-0.2, -0.15) is 0 Å². The first-order valence-corrected chi connectivity index (χ1v) is 14.6. The Morgan fingerprint density at radius 3 is 1.72 bits per heavy atom. The summed E-state index contributed by atoms with van der Waals surface area (Å²) in [6, 6.07) is 3.90. The van der Waals surface area contributed by atoms with Gasteiger partial charge in [0.05, 0.1) is 18.5 Å². The monoisotopic (exact) mass is 440 g/mol. The van der Waals surface area contributed by atoms with Crippen molar-refractivity contribution in [2.75, 3.05) is 23.8 Å². The number of anilines is 1. The molecule has 0 saturated heterocycles. The number of rotatable bonds is 14. The topological polar surface area (TPSA) is 29.1 Å². The molecule has 0 fully saturated rings. The van der Waals surface area contributed by atoms with Crippen LogP contribution >= 0.6 is 18.9 Å². The molecule has 0 aliphatic carbocycles. The van der Waals surface area contributed by atoms with Gasteiger partial charge in [0.15, 0.2) is 0 Å². The highest BCUT2D eigenvalue weighted by Gasteiger charge is 2.47. The van der Waals surface area contributed by atoms with Crippen molar-refractivity contribution in [3.05, 3.63) is 28.3 Å². The summed E-state index contributed by atoms with van der Waals surface area (Å²) in [6.07, 6.45) is 13.3. The molecule has 0 spiro atoms. The molecule has 0 heterocycles. The zero-order valence-electron chi connectivity index (χ0n) is 19.7. The highest BCUT2D eigenvalue weighted by Crippen LogP contribution is 2.66. The molecule has 1 atom stereocenters. The number of amides is 1. The highest BCUT2D eigenvalue weighted by molar-refractivity contribution is 7.77. The first kappa shape index (κ1) is 26.4. The lowest BCUT2D eigenvalue weighted by Crippen LogP contribution is -2.34. The summed E-state index contributed by atoms with van der Waals surface area (Å²) in [7, 11) is -1.34. The highest BCUT2D eigenvalue weighted by atomic mass is 35.5. The van der Waals surface area contributed by atoms with Gasteiger partial charge in [-0.3, -0.25) is 4.79 Å². The van der Waals surface area contributed by atoms with Crippen LogP contribution in [0.4, 0.5) is 5.69 Å². The third-order valence-electron chi connectivity index (χ3n) is 6.14. The molecule has 0 aromatic heterocycles. The normalized spacial score (nSPS) is 12.8. The van der Waals surface area contributed by atoms with E-state index in [1.54, 1.807) is 0 Å². The van der Waals surface area contributed by atoms with Crippen molar-refractivity contribution < 1.29 is 4.79 Å². The smallest absolute Gasteiger partial charge is 0.265 e. The van der Waals surface area contributed by atoms with Crippen LogP contribution in [-0.2, 0) is 4.79 Å². The maximum atomic E-state index is 13.7. The van der Waals surface area contributed by atoms with Gasteiger partial charge in [-0.05, 0) is 62.8 Å². The second-order valence-electron chi connectivity index (χ2n) is 8.66. The van der Waals surface area contributed by atoms with Crippen molar-refractivity contribution in [3.63, 3.8) is 0 Å². The molecule has 0 saturated carbocycles. The summed E-state index contributed by atoms with van der Waals surface area (Å²) in [4.78, 5) is 13.7. The summed E-state index contributed by atoms with van der Waals surface area (Å²) in [5, 5.41) is 4.09. The average Bonchev–Trinajstić information content (AvgIpc) is 2.68. The Hall–Kier alpha value is -0.590. The van der Waals surface area contributed by atoms with E-state index in [-0.39, 0.29) is 11.6 Å². The Bertz CT molecular complexity index is 586. The lowest BCUT2D eigenvalue weighted by Gasteiger charge is -2.35. The van der Waals surface area contributed by atoms with Gasteiger partial charge >= 0.3 is 0 Å². The number of hydrogen-bond acceptors (Lipinski definition) is 1. The third kappa shape index (κ3) is 7.87. The van der Waals surface area contributed by atoms with Crippen molar-refractivity contribution in [1.29, 1.82) is 0 Å². The van der Waals surface area contributed by atoms with Crippen molar-refractivity contribution >= 4 is 30.5 Å². The number of carbonyl (C=O) groups is 1. The zero-order chi connectivity index (χ0) is 21.9. The fraction of sp³-hybridized carbons (Fsp3) is 0.720. The molecule has 1 N–H and O–H groups in total. The molecule has 1 aromatic carbocycles. The predicted molar refractivity (Wildman–Crippen MR) is 134 cm³/mol. The van der Waals surface area contributed by atoms with Crippen LogP contribution in [0.25, 0.3) is 0 Å². The third-order valence-corrected chi connectivity index (χ3v) is 11.8. The molecule has 1 rings (SSSR count). The Morgan fingerprint density at radius 2 is 1.34 bits per heavy atom. The molecule has 0 bridgehead atoms. The largest absolute Gasteiger partial charge is 0.322 e. The number of aryl methyl sites for hydroxylation is 2. The van der Waals surface area contributed by atoms with Gasteiger partial charge in [0.1, 0.15) is 5.66 Å². The molecule has 0 aliphatic heterocycles. The molecule has 2 nitrogen and oxygen atoms in total. The van der Waals surface area contributed by atoms with Crippen LogP contribution in [-0.4, -0.2) is 30.1 Å². The van der Waals surface area contributed by atoms with E-state index in [1.807, 2.05) is 26.0 Å². The number of halogens is 1. The Labute approximate surface area is 185 Å². The van der Waals surface area contributed by atoms with Crippen LogP contribution in [0.1, 0.15) is 90.2 Å². The molecular weight excluding hydrogens is 397 g/mol. The van der Waals surface area contributed by atoms with Crippen LogP contribution in [0.2, 0.25) is 5.02 Å². The maximum Gasteiger partial charge on any atom is 0.265 e. The molecule has 1 unspecified atom stereocenters. The van der Waals surface area contributed by atoms with E-state index < -0.39 is 7.26 Å². The molecule has 1 aromatic rings. The van der Waals surface area contributed by atoms with E-state index >= 15 is 0 Å². The molecule has 0 aliphatic rings. The van der Waals surface area contributed by atoms with E-state index in [2.05, 4.69) is 33.0 Å². The summed E-state index contributed by atoms with van der Waals surface area (Å²) in [5.74, 6) is 0.261. The van der Waals surface area contributed by atoms with Crippen molar-refractivity contribution in [2.45, 2.75) is 98.6 Å². The van der Waals surface area contributed by atoms with Crippen LogP contribution in [0.15, 0.2) is 12.1 Å². The number of carbonyl (C=O) groups excluding carboxylic acids is 1. The summed E-state index contributed by atoms with van der Waals surface area (Å²) in [5.41, 5.74) is 3.25. The fourth-order valence-corrected chi connectivity index (χ4v) is 10.6. The summed E-state index contributed by atoms with van der Waals surface area (Å²) in [6.45, 7) is 13.2. The van der Waals surface area contributed by atoms with Crippen LogP contribution in [0.3, 0.4) is 0 Å². The Balaban J connectivity index is 3.27. The molecule has 4 heteroatoms. The lowest BCUT2D eigenvalue weighted by atomic mass is 10.1.